The molecule has 1 fully saturated rings. The normalized spacial score (nSPS) is 17.8. The van der Waals surface area contributed by atoms with E-state index < -0.39 is 4.92 Å². The van der Waals surface area contributed by atoms with Crippen molar-refractivity contribution in [2.24, 2.45) is 5.73 Å². The molecule has 2 rings (SSSR count). The number of hydrogen-bond donors (Lipinski definition) is 1. The Labute approximate surface area is 122 Å². The lowest BCUT2D eigenvalue weighted by atomic mass is 10.1. The van der Waals surface area contributed by atoms with Gasteiger partial charge in [0.2, 0.25) is 5.75 Å². The van der Waals surface area contributed by atoms with Crippen molar-refractivity contribution in [1.82, 2.24) is 4.90 Å². The number of amides is 1. The van der Waals surface area contributed by atoms with Crippen LogP contribution in [0.1, 0.15) is 30.1 Å². The Bertz CT molecular complexity index is 547. The van der Waals surface area contributed by atoms with E-state index in [0.717, 1.165) is 12.8 Å². The lowest BCUT2D eigenvalue weighted by Gasteiger charge is -2.24. The Morgan fingerprint density at radius 3 is 2.95 bits per heavy atom. The van der Waals surface area contributed by atoms with Gasteiger partial charge in [0.1, 0.15) is 0 Å². The van der Waals surface area contributed by atoms with E-state index in [1.165, 1.54) is 12.1 Å². The molecule has 7 nitrogen and oxygen atoms in total. The number of nitro benzene ring substituents is 1. The third kappa shape index (κ3) is 2.97. The summed E-state index contributed by atoms with van der Waals surface area (Å²) in [5.74, 6) is -0.215. The molecule has 2 N–H and O–H groups in total. The highest BCUT2D eigenvalue weighted by atomic mass is 16.6. The van der Waals surface area contributed by atoms with Gasteiger partial charge in [-0.15, -0.1) is 0 Å². The van der Waals surface area contributed by atoms with Gasteiger partial charge in [0.05, 0.1) is 17.1 Å². The molecular weight excluding hydrogens is 274 g/mol. The monoisotopic (exact) mass is 293 g/mol. The molecule has 0 aliphatic carbocycles. The number of hydrogen-bond acceptors (Lipinski definition) is 5. The maximum atomic E-state index is 12.7. The van der Waals surface area contributed by atoms with E-state index in [1.807, 2.05) is 0 Å². The summed E-state index contributed by atoms with van der Waals surface area (Å²) in [6, 6.07) is 4.39. The number of benzene rings is 1. The van der Waals surface area contributed by atoms with Crippen molar-refractivity contribution < 1.29 is 14.5 Å². The lowest BCUT2D eigenvalue weighted by Crippen LogP contribution is -2.40. The first-order valence-electron chi connectivity index (χ1n) is 7.01. The van der Waals surface area contributed by atoms with Crippen LogP contribution >= 0.6 is 0 Å². The average Bonchev–Trinajstić information content (AvgIpc) is 2.95. The van der Waals surface area contributed by atoms with Crippen LogP contribution in [-0.2, 0) is 0 Å². The second kappa shape index (κ2) is 6.53. The Balaban J connectivity index is 2.40. The molecule has 0 spiro atoms. The van der Waals surface area contributed by atoms with Crippen molar-refractivity contribution in [3.05, 3.63) is 33.9 Å². The zero-order valence-electron chi connectivity index (χ0n) is 11.9. The first-order chi connectivity index (χ1) is 10.1. The van der Waals surface area contributed by atoms with Crippen LogP contribution in [0.5, 0.6) is 5.75 Å². The van der Waals surface area contributed by atoms with Crippen LogP contribution in [0, 0.1) is 10.1 Å². The third-order valence-electron chi connectivity index (χ3n) is 3.62. The SMILES string of the molecule is CCOc1c(C(=O)N2CCCC2CN)cccc1[N+](=O)[O-]. The second-order valence-corrected chi connectivity index (χ2v) is 4.87. The van der Waals surface area contributed by atoms with Crippen LogP contribution in [0.2, 0.25) is 0 Å². The smallest absolute Gasteiger partial charge is 0.311 e. The summed E-state index contributed by atoms with van der Waals surface area (Å²) < 4.78 is 5.36. The molecule has 114 valence electrons. The number of carbonyl (C=O) groups is 1. The first-order valence-corrected chi connectivity index (χ1v) is 7.01. The van der Waals surface area contributed by atoms with Crippen molar-refractivity contribution in [3.63, 3.8) is 0 Å². The van der Waals surface area contributed by atoms with Gasteiger partial charge in [-0.05, 0) is 25.8 Å². The Hall–Kier alpha value is -2.15. The van der Waals surface area contributed by atoms with E-state index in [0.29, 0.717) is 13.1 Å². The Morgan fingerprint density at radius 2 is 2.33 bits per heavy atom. The molecule has 1 unspecified atom stereocenters. The van der Waals surface area contributed by atoms with Gasteiger partial charge in [-0.2, -0.15) is 0 Å². The number of nitro groups is 1. The van der Waals surface area contributed by atoms with Crippen molar-refractivity contribution in [1.29, 1.82) is 0 Å². The van der Waals surface area contributed by atoms with Gasteiger partial charge >= 0.3 is 5.69 Å². The van der Waals surface area contributed by atoms with Crippen molar-refractivity contribution in [3.8, 4) is 5.75 Å². The van der Waals surface area contributed by atoms with Crippen LogP contribution in [0.4, 0.5) is 5.69 Å². The summed E-state index contributed by atoms with van der Waals surface area (Å²) in [7, 11) is 0. The third-order valence-corrected chi connectivity index (χ3v) is 3.62. The molecule has 1 aromatic rings. The van der Waals surface area contributed by atoms with Gasteiger partial charge in [-0.25, -0.2) is 0 Å². The van der Waals surface area contributed by atoms with Gasteiger partial charge in [0, 0.05) is 25.2 Å². The van der Waals surface area contributed by atoms with E-state index in [1.54, 1.807) is 17.9 Å². The molecule has 1 aliphatic heterocycles. The van der Waals surface area contributed by atoms with Gasteiger partial charge in [0.15, 0.2) is 0 Å². The summed E-state index contributed by atoms with van der Waals surface area (Å²) in [5, 5.41) is 11.1. The van der Waals surface area contributed by atoms with Crippen LogP contribution in [0.25, 0.3) is 0 Å². The highest BCUT2D eigenvalue weighted by Crippen LogP contribution is 2.33. The number of likely N-dealkylation sites (tertiary alicyclic amines) is 1. The molecule has 0 saturated carbocycles. The van der Waals surface area contributed by atoms with E-state index in [2.05, 4.69) is 0 Å². The molecule has 1 amide bonds. The Morgan fingerprint density at radius 1 is 1.57 bits per heavy atom. The highest BCUT2D eigenvalue weighted by Gasteiger charge is 2.32. The topological polar surface area (TPSA) is 98.7 Å². The minimum absolute atomic E-state index is 0.00811. The molecule has 1 heterocycles. The fourth-order valence-corrected chi connectivity index (χ4v) is 2.64. The number of carbonyl (C=O) groups excluding carboxylic acids is 1. The van der Waals surface area contributed by atoms with Gasteiger partial charge in [0.25, 0.3) is 5.91 Å². The minimum atomic E-state index is -0.536. The molecule has 1 saturated heterocycles. The fraction of sp³-hybridized carbons (Fsp3) is 0.500. The second-order valence-electron chi connectivity index (χ2n) is 4.87. The quantitative estimate of drug-likeness (QED) is 0.656. The van der Waals surface area contributed by atoms with Crippen LogP contribution in [0.3, 0.4) is 0 Å². The molecule has 21 heavy (non-hydrogen) atoms. The molecule has 0 radical (unpaired) electrons. The summed E-state index contributed by atoms with van der Waals surface area (Å²) in [5.41, 5.74) is 5.72. The fourth-order valence-electron chi connectivity index (χ4n) is 2.64. The standard InChI is InChI=1S/C14H19N3O4/c1-2-21-13-11(6-3-7-12(13)17(19)20)14(18)16-8-4-5-10(16)9-15/h3,6-7,10H,2,4-5,8-9,15H2,1H3. The first kappa shape index (κ1) is 15.2. The predicted octanol–water partition coefficient (Wildman–Crippen LogP) is 1.56. The highest BCUT2D eigenvalue weighted by molar-refractivity contribution is 5.98. The van der Waals surface area contributed by atoms with Gasteiger partial charge < -0.3 is 15.4 Å². The van der Waals surface area contributed by atoms with Gasteiger partial charge in [-0.3, -0.25) is 14.9 Å². The minimum Gasteiger partial charge on any atom is -0.487 e. The van der Waals surface area contributed by atoms with Crippen LogP contribution in [0.15, 0.2) is 18.2 Å². The summed E-state index contributed by atoms with van der Waals surface area (Å²) >= 11 is 0. The molecule has 1 aliphatic rings. The van der Waals surface area contributed by atoms with Crippen molar-refractivity contribution in [2.45, 2.75) is 25.8 Å². The summed E-state index contributed by atoms with van der Waals surface area (Å²) in [6.07, 6.45) is 1.76. The maximum absolute atomic E-state index is 12.7. The number of rotatable bonds is 5. The van der Waals surface area contributed by atoms with Crippen molar-refractivity contribution >= 4 is 11.6 Å². The van der Waals surface area contributed by atoms with Gasteiger partial charge in [-0.1, -0.05) is 6.07 Å². The summed E-state index contributed by atoms with van der Waals surface area (Å²) in [6.45, 7) is 2.99. The van der Waals surface area contributed by atoms with E-state index in [-0.39, 0.29) is 35.6 Å². The van der Waals surface area contributed by atoms with Crippen LogP contribution < -0.4 is 10.5 Å². The van der Waals surface area contributed by atoms with Crippen molar-refractivity contribution in [2.75, 3.05) is 19.7 Å². The number of nitrogens with two attached hydrogens (primary N) is 1. The molecule has 0 aromatic heterocycles. The molecule has 7 heteroatoms. The van der Waals surface area contributed by atoms with Crippen LogP contribution in [-0.4, -0.2) is 41.5 Å². The number of nitrogens with zero attached hydrogens (tertiary/aromatic N) is 2. The summed E-state index contributed by atoms with van der Waals surface area (Å²) in [4.78, 5) is 24.9. The van der Waals surface area contributed by atoms with E-state index >= 15 is 0 Å². The molecular formula is C14H19N3O4. The number of ether oxygens (including phenoxy) is 1. The molecule has 0 bridgehead atoms. The average molecular weight is 293 g/mol. The zero-order valence-corrected chi connectivity index (χ0v) is 11.9. The number of para-hydroxylation sites is 1. The Kier molecular flexibility index (Phi) is 4.74. The van der Waals surface area contributed by atoms with E-state index in [9.17, 15) is 14.9 Å². The lowest BCUT2D eigenvalue weighted by molar-refractivity contribution is -0.385. The molecule has 1 atom stereocenters. The zero-order chi connectivity index (χ0) is 15.4. The maximum Gasteiger partial charge on any atom is 0.311 e. The van der Waals surface area contributed by atoms with E-state index in [4.69, 9.17) is 10.5 Å². The molecule has 1 aromatic carbocycles. The predicted molar refractivity (Wildman–Crippen MR) is 77.4 cm³/mol. The largest absolute Gasteiger partial charge is 0.487 e.